The number of nitrogen functional groups attached to an aromatic ring is 1. The number of non-ortho nitro benzene ring substituents is 1. The minimum absolute atomic E-state index is 0.112. The summed E-state index contributed by atoms with van der Waals surface area (Å²) >= 11 is 0. The summed E-state index contributed by atoms with van der Waals surface area (Å²) in [5.41, 5.74) is 5.08. The van der Waals surface area contributed by atoms with Gasteiger partial charge in [0.15, 0.2) is 5.82 Å². The molecule has 0 spiro atoms. The Morgan fingerprint density at radius 1 is 1.45 bits per heavy atom. The number of hydrogen-bond donors (Lipinski definition) is 1. The molecule has 0 bridgehead atoms. The van der Waals surface area contributed by atoms with Crippen LogP contribution in [0.25, 0.3) is 10.9 Å². The lowest BCUT2D eigenvalue weighted by molar-refractivity contribution is -0.384. The topological polar surface area (TPSA) is 113 Å². The smallest absolute Gasteiger partial charge is 0.435 e. The number of nitro groups is 1. The minimum Gasteiger partial charge on any atom is -0.442 e. The Bertz CT molecular complexity index is 699. The summed E-state index contributed by atoms with van der Waals surface area (Å²) in [6.45, 7) is 5.13. The van der Waals surface area contributed by atoms with Crippen LogP contribution in [-0.2, 0) is 4.74 Å². The molecule has 20 heavy (non-hydrogen) atoms. The van der Waals surface area contributed by atoms with Gasteiger partial charge in [0.2, 0.25) is 0 Å². The standard InChI is InChI=1S/C12H14N4O4/c1-12(2,3)20-11(17)15-9-6-7(16(18)19)4-5-8(9)10(13)14-15/h4-6H,1-3H3,(H2,13,14). The van der Waals surface area contributed by atoms with Gasteiger partial charge in [0.25, 0.3) is 5.69 Å². The van der Waals surface area contributed by atoms with Crippen LogP contribution < -0.4 is 5.73 Å². The first-order valence-electron chi connectivity index (χ1n) is 5.85. The number of nitrogens with two attached hydrogens (primary N) is 1. The van der Waals surface area contributed by atoms with Crippen LogP contribution in [0.2, 0.25) is 0 Å². The Morgan fingerprint density at radius 3 is 2.65 bits per heavy atom. The molecule has 0 amide bonds. The molecule has 1 heterocycles. The molecular formula is C12H14N4O4. The van der Waals surface area contributed by atoms with Crippen molar-refractivity contribution in [1.82, 2.24) is 9.78 Å². The minimum atomic E-state index is -0.736. The SMILES string of the molecule is CC(C)(C)OC(=O)n1nc(N)c2ccc([N+](=O)[O-])cc21. The molecule has 2 N–H and O–H groups in total. The lowest BCUT2D eigenvalue weighted by Crippen LogP contribution is -2.27. The summed E-state index contributed by atoms with van der Waals surface area (Å²) in [6, 6.07) is 4.00. The zero-order valence-electron chi connectivity index (χ0n) is 11.3. The normalized spacial score (nSPS) is 11.6. The fourth-order valence-electron chi connectivity index (χ4n) is 1.69. The Balaban J connectivity index is 2.55. The number of anilines is 1. The second-order valence-electron chi connectivity index (χ2n) is 5.24. The number of hydrogen-bond acceptors (Lipinski definition) is 6. The largest absolute Gasteiger partial charge is 0.442 e. The summed E-state index contributed by atoms with van der Waals surface area (Å²) < 4.78 is 6.12. The van der Waals surface area contributed by atoms with Crippen LogP contribution in [0.3, 0.4) is 0 Å². The third kappa shape index (κ3) is 2.53. The maximum Gasteiger partial charge on any atom is 0.435 e. The van der Waals surface area contributed by atoms with Gasteiger partial charge in [-0.1, -0.05) is 0 Å². The van der Waals surface area contributed by atoms with Crippen LogP contribution >= 0.6 is 0 Å². The highest BCUT2D eigenvalue weighted by molar-refractivity contribution is 5.95. The van der Waals surface area contributed by atoms with Gasteiger partial charge in [-0.15, -0.1) is 5.10 Å². The Labute approximate surface area is 114 Å². The van der Waals surface area contributed by atoms with E-state index >= 15 is 0 Å². The summed E-state index contributed by atoms with van der Waals surface area (Å²) in [5, 5.41) is 15.1. The molecular weight excluding hydrogens is 264 g/mol. The van der Waals surface area contributed by atoms with E-state index in [1.54, 1.807) is 20.8 Å². The average Bonchev–Trinajstić information content (AvgIpc) is 2.64. The summed E-state index contributed by atoms with van der Waals surface area (Å²) in [4.78, 5) is 22.3. The fraction of sp³-hybridized carbons (Fsp3) is 0.333. The van der Waals surface area contributed by atoms with Gasteiger partial charge in [-0.2, -0.15) is 4.68 Å². The number of nitrogens with zero attached hydrogens (tertiary/aromatic N) is 3. The van der Waals surface area contributed by atoms with Crippen molar-refractivity contribution in [3.63, 3.8) is 0 Å². The van der Waals surface area contributed by atoms with Crippen LogP contribution in [0.15, 0.2) is 18.2 Å². The summed E-state index contributed by atoms with van der Waals surface area (Å²) in [7, 11) is 0. The number of carbonyl (C=O) groups is 1. The highest BCUT2D eigenvalue weighted by Gasteiger charge is 2.22. The van der Waals surface area contributed by atoms with Gasteiger partial charge in [-0.25, -0.2) is 4.79 Å². The van der Waals surface area contributed by atoms with Crippen molar-refractivity contribution < 1.29 is 14.5 Å². The van der Waals surface area contributed by atoms with E-state index in [1.807, 2.05) is 0 Å². The monoisotopic (exact) mass is 278 g/mol. The van der Waals surface area contributed by atoms with Gasteiger partial charge in [0, 0.05) is 17.5 Å². The van der Waals surface area contributed by atoms with E-state index in [1.165, 1.54) is 18.2 Å². The molecule has 0 unspecified atom stereocenters. The van der Waals surface area contributed by atoms with Gasteiger partial charge >= 0.3 is 6.09 Å². The van der Waals surface area contributed by atoms with Gasteiger partial charge in [-0.3, -0.25) is 10.1 Å². The van der Waals surface area contributed by atoms with Crippen LogP contribution in [-0.4, -0.2) is 26.4 Å². The number of carbonyl (C=O) groups excluding carboxylic acids is 1. The molecule has 0 aliphatic rings. The van der Waals surface area contributed by atoms with E-state index in [0.29, 0.717) is 5.39 Å². The molecule has 8 heteroatoms. The lowest BCUT2D eigenvalue weighted by Gasteiger charge is -2.19. The molecule has 1 aromatic heterocycles. The zero-order valence-corrected chi connectivity index (χ0v) is 11.3. The first kappa shape index (κ1) is 13.8. The number of fused-ring (bicyclic) bond motifs is 1. The van der Waals surface area contributed by atoms with Crippen LogP contribution in [0.4, 0.5) is 16.3 Å². The van der Waals surface area contributed by atoms with E-state index in [2.05, 4.69) is 5.10 Å². The first-order valence-corrected chi connectivity index (χ1v) is 5.85. The lowest BCUT2D eigenvalue weighted by atomic mass is 10.2. The fourth-order valence-corrected chi connectivity index (χ4v) is 1.69. The maximum absolute atomic E-state index is 12.0. The number of ether oxygens (including phenoxy) is 1. The van der Waals surface area contributed by atoms with Crippen molar-refractivity contribution in [1.29, 1.82) is 0 Å². The van der Waals surface area contributed by atoms with E-state index in [0.717, 1.165) is 4.68 Å². The first-order chi connectivity index (χ1) is 9.19. The maximum atomic E-state index is 12.0. The molecule has 106 valence electrons. The van der Waals surface area contributed by atoms with E-state index in [4.69, 9.17) is 10.5 Å². The average molecular weight is 278 g/mol. The molecule has 0 aliphatic heterocycles. The van der Waals surface area contributed by atoms with Crippen LogP contribution in [0, 0.1) is 10.1 Å². The third-order valence-electron chi connectivity index (χ3n) is 2.47. The van der Waals surface area contributed by atoms with Crippen molar-refractivity contribution in [3.05, 3.63) is 28.3 Å². The van der Waals surface area contributed by atoms with Crippen molar-refractivity contribution >= 4 is 28.5 Å². The number of aromatic nitrogens is 2. The van der Waals surface area contributed by atoms with E-state index < -0.39 is 16.6 Å². The van der Waals surface area contributed by atoms with E-state index in [9.17, 15) is 14.9 Å². The van der Waals surface area contributed by atoms with Crippen LogP contribution in [0.5, 0.6) is 0 Å². The predicted octanol–water partition coefficient (Wildman–Crippen LogP) is 2.31. The Kier molecular flexibility index (Phi) is 3.09. The molecule has 0 radical (unpaired) electrons. The second kappa shape index (κ2) is 4.48. The number of nitro benzene ring substituents is 1. The highest BCUT2D eigenvalue weighted by atomic mass is 16.6. The van der Waals surface area contributed by atoms with Crippen molar-refractivity contribution in [2.45, 2.75) is 26.4 Å². The predicted molar refractivity (Wildman–Crippen MR) is 72.4 cm³/mol. The van der Waals surface area contributed by atoms with Gasteiger partial charge < -0.3 is 10.5 Å². The molecule has 0 fully saturated rings. The second-order valence-corrected chi connectivity index (χ2v) is 5.24. The molecule has 0 saturated heterocycles. The van der Waals surface area contributed by atoms with Gasteiger partial charge in [0.1, 0.15) is 5.60 Å². The zero-order chi connectivity index (χ0) is 15.1. The molecule has 0 aliphatic carbocycles. The highest BCUT2D eigenvalue weighted by Crippen LogP contribution is 2.25. The summed E-state index contributed by atoms with van der Waals surface area (Å²) in [6.07, 6.45) is -0.736. The molecule has 0 atom stereocenters. The van der Waals surface area contributed by atoms with Crippen molar-refractivity contribution in [2.24, 2.45) is 0 Å². The van der Waals surface area contributed by atoms with Crippen LogP contribution in [0.1, 0.15) is 20.8 Å². The molecule has 2 rings (SSSR count). The van der Waals surface area contributed by atoms with Crippen molar-refractivity contribution in [2.75, 3.05) is 5.73 Å². The van der Waals surface area contributed by atoms with E-state index in [-0.39, 0.29) is 17.0 Å². The Hall–Kier alpha value is -2.64. The third-order valence-corrected chi connectivity index (χ3v) is 2.47. The van der Waals surface area contributed by atoms with Gasteiger partial charge in [0.05, 0.1) is 10.4 Å². The van der Waals surface area contributed by atoms with Gasteiger partial charge in [-0.05, 0) is 26.8 Å². The molecule has 2 aromatic rings. The Morgan fingerprint density at radius 2 is 2.10 bits per heavy atom. The summed E-state index contributed by atoms with van der Waals surface area (Å²) in [5.74, 6) is 0.112. The molecule has 8 nitrogen and oxygen atoms in total. The quantitative estimate of drug-likeness (QED) is 0.632. The number of rotatable bonds is 1. The molecule has 0 saturated carbocycles. The van der Waals surface area contributed by atoms with Crippen molar-refractivity contribution in [3.8, 4) is 0 Å². The molecule has 1 aromatic carbocycles. The number of benzene rings is 1.